The molecular weight excluding hydrogens is 420 g/mol. The summed E-state index contributed by atoms with van der Waals surface area (Å²) in [6.07, 6.45) is 0. The highest BCUT2D eigenvalue weighted by atomic mass is 79.9. The Hall–Kier alpha value is -0.290. The van der Waals surface area contributed by atoms with E-state index in [-0.39, 0.29) is 5.82 Å². The van der Waals surface area contributed by atoms with Crippen LogP contribution in [0.5, 0.6) is 0 Å². The number of anilines is 1. The molecule has 1 nitrogen and oxygen atoms in total. The number of benzene rings is 2. The van der Waals surface area contributed by atoms with Crippen LogP contribution in [-0.4, -0.2) is 0 Å². The van der Waals surface area contributed by atoms with Crippen molar-refractivity contribution in [2.75, 3.05) is 5.32 Å². The fourth-order valence-corrected chi connectivity index (χ4v) is 2.69. The first kappa shape index (κ1) is 15.1. The van der Waals surface area contributed by atoms with Gasteiger partial charge in [-0.25, -0.2) is 4.39 Å². The Balaban J connectivity index is 2.17. The third kappa shape index (κ3) is 3.63. The van der Waals surface area contributed by atoms with Gasteiger partial charge in [0.2, 0.25) is 0 Å². The van der Waals surface area contributed by atoms with Gasteiger partial charge in [0.15, 0.2) is 0 Å². The van der Waals surface area contributed by atoms with E-state index < -0.39 is 0 Å². The molecule has 19 heavy (non-hydrogen) atoms. The molecule has 2 aromatic rings. The molecule has 2 rings (SSSR count). The largest absolute Gasteiger partial charge is 0.380 e. The van der Waals surface area contributed by atoms with E-state index in [2.05, 4.69) is 37.2 Å². The van der Waals surface area contributed by atoms with Crippen molar-refractivity contribution in [2.45, 2.75) is 6.54 Å². The van der Waals surface area contributed by atoms with Gasteiger partial charge in [-0.15, -0.1) is 0 Å². The number of rotatable bonds is 3. The van der Waals surface area contributed by atoms with Crippen LogP contribution in [0.25, 0.3) is 0 Å². The molecule has 0 aliphatic carbocycles. The number of hydrogen-bond acceptors (Lipinski definition) is 1. The first-order chi connectivity index (χ1) is 8.99. The fraction of sp³-hybridized carbons (Fsp3) is 0.0769. The number of nitrogens with one attached hydrogen (secondary N) is 1. The third-order valence-corrected chi connectivity index (χ3v) is 4.78. The van der Waals surface area contributed by atoms with Crippen LogP contribution in [0, 0.1) is 5.82 Å². The van der Waals surface area contributed by atoms with Crippen LogP contribution in [0.3, 0.4) is 0 Å². The lowest BCUT2D eigenvalue weighted by Gasteiger charge is -2.11. The van der Waals surface area contributed by atoms with Crippen LogP contribution in [0.4, 0.5) is 10.1 Å². The molecule has 1 N–H and O–H groups in total. The molecule has 0 spiro atoms. The standard InChI is InChI=1S/C13H8Br2Cl2FN/c14-8-2-1-7(10(18)5-8)6-19-11-4-3-9(15)12(16)13(11)17/h1-5,19H,6H2. The van der Waals surface area contributed by atoms with E-state index in [9.17, 15) is 4.39 Å². The van der Waals surface area contributed by atoms with Gasteiger partial charge in [-0.1, -0.05) is 45.2 Å². The van der Waals surface area contributed by atoms with Gasteiger partial charge in [0.05, 0.1) is 15.7 Å². The monoisotopic (exact) mass is 425 g/mol. The lowest BCUT2D eigenvalue weighted by Crippen LogP contribution is -2.02. The van der Waals surface area contributed by atoms with Crippen LogP contribution in [0.1, 0.15) is 5.56 Å². The molecule has 100 valence electrons. The predicted molar refractivity (Wildman–Crippen MR) is 85.6 cm³/mol. The summed E-state index contributed by atoms with van der Waals surface area (Å²) in [5.74, 6) is -0.277. The molecule has 6 heteroatoms. The summed E-state index contributed by atoms with van der Waals surface area (Å²) >= 11 is 18.6. The van der Waals surface area contributed by atoms with Gasteiger partial charge in [0.25, 0.3) is 0 Å². The second-order valence-electron chi connectivity index (χ2n) is 3.81. The topological polar surface area (TPSA) is 12.0 Å². The zero-order valence-corrected chi connectivity index (χ0v) is 14.2. The lowest BCUT2D eigenvalue weighted by molar-refractivity contribution is 0.612. The minimum Gasteiger partial charge on any atom is -0.380 e. The normalized spacial score (nSPS) is 10.6. The molecule has 0 radical (unpaired) electrons. The van der Waals surface area contributed by atoms with Crippen molar-refractivity contribution in [2.24, 2.45) is 0 Å². The smallest absolute Gasteiger partial charge is 0.129 e. The van der Waals surface area contributed by atoms with Gasteiger partial charge < -0.3 is 5.32 Å². The summed E-state index contributed by atoms with van der Waals surface area (Å²) in [5, 5.41) is 3.91. The predicted octanol–water partition coefficient (Wildman–Crippen LogP) is 6.27. The highest BCUT2D eigenvalue weighted by molar-refractivity contribution is 9.10. The van der Waals surface area contributed by atoms with Crippen LogP contribution >= 0.6 is 55.1 Å². The van der Waals surface area contributed by atoms with Gasteiger partial charge in [0.1, 0.15) is 5.82 Å². The van der Waals surface area contributed by atoms with E-state index in [0.29, 0.717) is 32.3 Å². The van der Waals surface area contributed by atoms with E-state index in [4.69, 9.17) is 23.2 Å². The molecule has 0 bridgehead atoms. The Morgan fingerprint density at radius 3 is 2.47 bits per heavy atom. The molecule has 0 saturated heterocycles. The quantitative estimate of drug-likeness (QED) is 0.569. The summed E-state index contributed by atoms with van der Waals surface area (Å²) in [7, 11) is 0. The van der Waals surface area contributed by atoms with Crippen molar-refractivity contribution in [3.05, 3.63) is 60.7 Å². The van der Waals surface area contributed by atoms with Crippen LogP contribution in [0.2, 0.25) is 10.0 Å². The second-order valence-corrected chi connectivity index (χ2v) is 6.34. The maximum atomic E-state index is 13.7. The van der Waals surface area contributed by atoms with E-state index in [1.807, 2.05) is 0 Å². The fourth-order valence-electron chi connectivity index (χ4n) is 1.52. The van der Waals surface area contributed by atoms with Crippen molar-refractivity contribution < 1.29 is 4.39 Å². The Labute approximate surface area is 137 Å². The number of hydrogen-bond donors (Lipinski definition) is 1. The number of halogens is 5. The molecule has 0 amide bonds. The Bertz CT molecular complexity index is 620. The summed E-state index contributed by atoms with van der Waals surface area (Å²) < 4.78 is 15.1. The minimum atomic E-state index is -0.277. The maximum absolute atomic E-state index is 13.7. The first-order valence-corrected chi connectivity index (χ1v) is 7.64. The molecule has 0 unspecified atom stereocenters. The average molecular weight is 428 g/mol. The zero-order valence-electron chi connectivity index (χ0n) is 9.48. The molecule has 0 saturated carbocycles. The lowest BCUT2D eigenvalue weighted by atomic mass is 10.2. The second kappa shape index (κ2) is 6.44. The maximum Gasteiger partial charge on any atom is 0.129 e. The molecule has 0 heterocycles. The van der Waals surface area contributed by atoms with Gasteiger partial charge in [-0.05, 0) is 40.2 Å². The van der Waals surface area contributed by atoms with Crippen LogP contribution < -0.4 is 5.32 Å². The van der Waals surface area contributed by atoms with Crippen LogP contribution in [0.15, 0.2) is 39.3 Å². The summed E-state index contributed by atoms with van der Waals surface area (Å²) in [5.41, 5.74) is 1.22. The van der Waals surface area contributed by atoms with Crippen LogP contribution in [-0.2, 0) is 6.54 Å². The first-order valence-electron chi connectivity index (χ1n) is 5.30. The minimum absolute atomic E-state index is 0.277. The van der Waals surface area contributed by atoms with Crippen molar-refractivity contribution in [1.29, 1.82) is 0 Å². The molecule has 0 aliphatic heterocycles. The van der Waals surface area contributed by atoms with Crippen molar-refractivity contribution in [1.82, 2.24) is 0 Å². The highest BCUT2D eigenvalue weighted by Gasteiger charge is 2.09. The van der Waals surface area contributed by atoms with E-state index in [1.54, 1.807) is 24.3 Å². The van der Waals surface area contributed by atoms with Crippen molar-refractivity contribution in [3.8, 4) is 0 Å². The summed E-state index contributed by atoms with van der Waals surface area (Å²) in [6, 6.07) is 8.49. The highest BCUT2D eigenvalue weighted by Crippen LogP contribution is 2.36. The Kier molecular flexibility index (Phi) is 5.12. The Morgan fingerprint density at radius 2 is 1.79 bits per heavy atom. The van der Waals surface area contributed by atoms with Crippen molar-refractivity contribution in [3.63, 3.8) is 0 Å². The van der Waals surface area contributed by atoms with Crippen molar-refractivity contribution >= 4 is 60.7 Å². The van der Waals surface area contributed by atoms with E-state index in [1.165, 1.54) is 6.07 Å². The Morgan fingerprint density at radius 1 is 1.05 bits per heavy atom. The van der Waals surface area contributed by atoms with Gasteiger partial charge in [0, 0.05) is 21.1 Å². The van der Waals surface area contributed by atoms with Gasteiger partial charge in [-0.3, -0.25) is 0 Å². The SMILES string of the molecule is Fc1cc(Br)ccc1CNc1ccc(Br)c(Cl)c1Cl. The molecule has 0 atom stereocenters. The summed E-state index contributed by atoms with van der Waals surface area (Å²) in [6.45, 7) is 0.330. The molecular formula is C13H8Br2Cl2FN. The molecule has 0 aromatic heterocycles. The summed E-state index contributed by atoms with van der Waals surface area (Å²) in [4.78, 5) is 0. The van der Waals surface area contributed by atoms with Gasteiger partial charge >= 0.3 is 0 Å². The van der Waals surface area contributed by atoms with E-state index >= 15 is 0 Å². The van der Waals surface area contributed by atoms with Gasteiger partial charge in [-0.2, -0.15) is 0 Å². The average Bonchev–Trinajstić information content (AvgIpc) is 2.37. The molecule has 2 aromatic carbocycles. The van der Waals surface area contributed by atoms with E-state index in [0.717, 1.165) is 4.47 Å². The molecule has 0 aliphatic rings. The molecule has 0 fully saturated rings. The third-order valence-electron chi connectivity index (χ3n) is 2.52. The zero-order chi connectivity index (χ0) is 14.0.